The van der Waals surface area contributed by atoms with Crippen molar-refractivity contribution in [2.24, 2.45) is 5.73 Å². The number of nitrogens with two attached hydrogens (primary N) is 1. The van der Waals surface area contributed by atoms with Gasteiger partial charge in [0.1, 0.15) is 0 Å². The largest absolute Gasteiger partial charge is 0.338 e. The van der Waals surface area contributed by atoms with E-state index in [0.717, 1.165) is 12.1 Å². The van der Waals surface area contributed by atoms with Crippen LogP contribution in [0.15, 0.2) is 12.1 Å². The van der Waals surface area contributed by atoms with Crippen LogP contribution >= 0.6 is 12.4 Å². The third-order valence-electron chi connectivity index (χ3n) is 3.09. The molecule has 0 aromatic heterocycles. The molecule has 1 aliphatic rings. The zero-order chi connectivity index (χ0) is 13.3. The molecular formula is C12H14ClF3N2O. The average Bonchev–Trinajstić information content (AvgIpc) is 2.36. The monoisotopic (exact) mass is 294 g/mol. The van der Waals surface area contributed by atoms with Crippen molar-refractivity contribution in [3.05, 3.63) is 35.1 Å². The molecule has 1 saturated heterocycles. The Morgan fingerprint density at radius 2 is 1.74 bits per heavy atom. The summed E-state index contributed by atoms with van der Waals surface area (Å²) in [6, 6.07) is 1.75. The van der Waals surface area contributed by atoms with E-state index < -0.39 is 28.9 Å². The van der Waals surface area contributed by atoms with Crippen molar-refractivity contribution in [3.63, 3.8) is 0 Å². The Kier molecular flexibility index (Phi) is 5.20. The van der Waals surface area contributed by atoms with Gasteiger partial charge in [-0.1, -0.05) is 0 Å². The first-order chi connectivity index (χ1) is 8.50. The third kappa shape index (κ3) is 3.19. The number of halogens is 4. The second kappa shape index (κ2) is 6.25. The normalized spacial score (nSPS) is 16.1. The van der Waals surface area contributed by atoms with Crippen molar-refractivity contribution >= 4 is 18.3 Å². The van der Waals surface area contributed by atoms with Gasteiger partial charge in [0, 0.05) is 19.1 Å². The number of amides is 1. The van der Waals surface area contributed by atoms with E-state index in [-0.39, 0.29) is 18.4 Å². The fraction of sp³-hybridized carbons (Fsp3) is 0.417. The number of hydrogen-bond acceptors (Lipinski definition) is 2. The molecule has 1 aromatic carbocycles. The molecule has 1 heterocycles. The van der Waals surface area contributed by atoms with Crippen molar-refractivity contribution in [2.45, 2.75) is 18.9 Å². The van der Waals surface area contributed by atoms with Gasteiger partial charge in [0.2, 0.25) is 0 Å². The summed E-state index contributed by atoms with van der Waals surface area (Å²) < 4.78 is 39.3. The molecule has 1 amide bonds. The fourth-order valence-corrected chi connectivity index (χ4v) is 1.96. The number of nitrogens with zero attached hydrogens (tertiary/aromatic N) is 1. The number of hydrogen-bond donors (Lipinski definition) is 1. The van der Waals surface area contributed by atoms with Crippen LogP contribution in [0.5, 0.6) is 0 Å². The van der Waals surface area contributed by atoms with Gasteiger partial charge in [-0.2, -0.15) is 0 Å². The van der Waals surface area contributed by atoms with Crippen molar-refractivity contribution in [1.82, 2.24) is 4.90 Å². The van der Waals surface area contributed by atoms with Crippen molar-refractivity contribution in [2.75, 3.05) is 13.1 Å². The van der Waals surface area contributed by atoms with Crippen LogP contribution < -0.4 is 5.73 Å². The molecule has 1 fully saturated rings. The van der Waals surface area contributed by atoms with Gasteiger partial charge in [0.05, 0.1) is 5.56 Å². The van der Waals surface area contributed by atoms with Gasteiger partial charge >= 0.3 is 0 Å². The molecule has 0 aliphatic carbocycles. The van der Waals surface area contributed by atoms with Gasteiger partial charge in [-0.05, 0) is 25.0 Å². The Hall–Kier alpha value is -1.27. The van der Waals surface area contributed by atoms with Crippen LogP contribution in [0.25, 0.3) is 0 Å². The standard InChI is InChI=1S/C12H13F3N2O.ClH/c13-9-2-1-8(10(14)11(9)15)12(18)17-5-3-7(16)4-6-17;/h1-2,7H,3-6,16H2;1H. The fourth-order valence-electron chi connectivity index (χ4n) is 1.96. The number of piperidine rings is 1. The van der Waals surface area contributed by atoms with Crippen LogP contribution in [0.4, 0.5) is 13.2 Å². The molecule has 0 bridgehead atoms. The summed E-state index contributed by atoms with van der Waals surface area (Å²) in [4.78, 5) is 13.3. The molecule has 0 saturated carbocycles. The van der Waals surface area contributed by atoms with Crippen LogP contribution in [-0.4, -0.2) is 29.9 Å². The average molecular weight is 295 g/mol. The Bertz CT molecular complexity index is 476. The molecule has 0 atom stereocenters. The summed E-state index contributed by atoms with van der Waals surface area (Å²) >= 11 is 0. The predicted octanol–water partition coefficient (Wildman–Crippen LogP) is 2.09. The van der Waals surface area contributed by atoms with Gasteiger partial charge < -0.3 is 10.6 Å². The lowest BCUT2D eigenvalue weighted by Gasteiger charge is -2.30. The van der Waals surface area contributed by atoms with Gasteiger partial charge in [-0.25, -0.2) is 13.2 Å². The number of carbonyl (C=O) groups is 1. The van der Waals surface area contributed by atoms with Gasteiger partial charge in [-0.3, -0.25) is 4.79 Å². The first-order valence-corrected chi connectivity index (χ1v) is 5.69. The molecule has 19 heavy (non-hydrogen) atoms. The van der Waals surface area contributed by atoms with Crippen molar-refractivity contribution < 1.29 is 18.0 Å². The first-order valence-electron chi connectivity index (χ1n) is 5.69. The highest BCUT2D eigenvalue weighted by Crippen LogP contribution is 2.19. The molecule has 0 spiro atoms. The summed E-state index contributed by atoms with van der Waals surface area (Å²) in [5.74, 6) is -4.98. The Balaban J connectivity index is 0.00000180. The maximum absolute atomic E-state index is 13.5. The van der Waals surface area contributed by atoms with Crippen LogP contribution in [-0.2, 0) is 0 Å². The molecular weight excluding hydrogens is 281 g/mol. The topological polar surface area (TPSA) is 46.3 Å². The summed E-state index contributed by atoms with van der Waals surface area (Å²) in [6.45, 7) is 0.802. The quantitative estimate of drug-likeness (QED) is 0.806. The Labute approximate surface area is 115 Å². The van der Waals surface area contributed by atoms with Crippen LogP contribution in [0.2, 0.25) is 0 Å². The maximum Gasteiger partial charge on any atom is 0.256 e. The van der Waals surface area contributed by atoms with E-state index in [1.54, 1.807) is 0 Å². The number of carbonyl (C=O) groups excluding carboxylic acids is 1. The smallest absolute Gasteiger partial charge is 0.256 e. The zero-order valence-corrected chi connectivity index (χ0v) is 10.9. The molecule has 0 radical (unpaired) electrons. The third-order valence-corrected chi connectivity index (χ3v) is 3.09. The highest BCUT2D eigenvalue weighted by Gasteiger charge is 2.25. The lowest BCUT2D eigenvalue weighted by molar-refractivity contribution is 0.0708. The zero-order valence-electron chi connectivity index (χ0n) is 10.0. The van der Waals surface area contributed by atoms with Gasteiger partial charge in [-0.15, -0.1) is 12.4 Å². The maximum atomic E-state index is 13.5. The highest BCUT2D eigenvalue weighted by atomic mass is 35.5. The van der Waals surface area contributed by atoms with E-state index in [0.29, 0.717) is 25.9 Å². The van der Waals surface area contributed by atoms with E-state index in [4.69, 9.17) is 5.73 Å². The minimum absolute atomic E-state index is 0. The van der Waals surface area contributed by atoms with Crippen LogP contribution in [0.1, 0.15) is 23.2 Å². The molecule has 2 rings (SSSR count). The number of rotatable bonds is 1. The molecule has 1 aliphatic heterocycles. The van der Waals surface area contributed by atoms with E-state index >= 15 is 0 Å². The Morgan fingerprint density at radius 1 is 1.16 bits per heavy atom. The molecule has 7 heteroatoms. The first kappa shape index (κ1) is 15.8. The summed E-state index contributed by atoms with van der Waals surface area (Å²) in [7, 11) is 0. The molecule has 3 nitrogen and oxygen atoms in total. The van der Waals surface area contributed by atoms with Gasteiger partial charge in [0.25, 0.3) is 5.91 Å². The lowest BCUT2D eigenvalue weighted by Crippen LogP contribution is -2.43. The van der Waals surface area contributed by atoms with Crippen LogP contribution in [0.3, 0.4) is 0 Å². The second-order valence-corrected chi connectivity index (χ2v) is 4.35. The van der Waals surface area contributed by atoms with E-state index in [1.807, 2.05) is 0 Å². The minimum atomic E-state index is -1.62. The molecule has 1 aromatic rings. The minimum Gasteiger partial charge on any atom is -0.338 e. The van der Waals surface area contributed by atoms with Gasteiger partial charge in [0.15, 0.2) is 17.5 Å². The predicted molar refractivity (Wildman–Crippen MR) is 66.7 cm³/mol. The second-order valence-electron chi connectivity index (χ2n) is 4.35. The molecule has 2 N–H and O–H groups in total. The lowest BCUT2D eigenvalue weighted by atomic mass is 10.0. The number of benzene rings is 1. The van der Waals surface area contributed by atoms with Crippen LogP contribution in [0, 0.1) is 17.5 Å². The molecule has 0 unspecified atom stereocenters. The summed E-state index contributed by atoms with van der Waals surface area (Å²) in [5.41, 5.74) is 5.25. The highest BCUT2D eigenvalue weighted by molar-refractivity contribution is 5.94. The van der Waals surface area contributed by atoms with E-state index in [9.17, 15) is 18.0 Å². The summed E-state index contributed by atoms with van der Waals surface area (Å²) in [5, 5.41) is 0. The number of likely N-dealkylation sites (tertiary alicyclic amines) is 1. The SMILES string of the molecule is Cl.NC1CCN(C(=O)c2ccc(F)c(F)c2F)CC1. The van der Waals surface area contributed by atoms with E-state index in [1.165, 1.54) is 4.90 Å². The summed E-state index contributed by atoms with van der Waals surface area (Å²) in [6.07, 6.45) is 1.24. The molecule has 106 valence electrons. The van der Waals surface area contributed by atoms with Crippen molar-refractivity contribution in [3.8, 4) is 0 Å². The van der Waals surface area contributed by atoms with E-state index in [2.05, 4.69) is 0 Å². The Morgan fingerprint density at radius 3 is 2.32 bits per heavy atom. The van der Waals surface area contributed by atoms with Crippen molar-refractivity contribution in [1.29, 1.82) is 0 Å².